The predicted octanol–water partition coefficient (Wildman–Crippen LogP) is 1.01. The van der Waals surface area contributed by atoms with Crippen LogP contribution in [-0.4, -0.2) is 41.3 Å². The Morgan fingerprint density at radius 2 is 2.19 bits per heavy atom. The third kappa shape index (κ3) is 3.82. The van der Waals surface area contributed by atoms with Gasteiger partial charge < -0.3 is 15.2 Å². The first-order valence-electron chi connectivity index (χ1n) is 5.03. The number of aromatic carboxylic acids is 1. The number of methoxy groups -OCH3 is 1. The largest absolute Gasteiger partial charge is 0.476 e. The molecule has 1 aromatic heterocycles. The third-order valence-corrected chi connectivity index (χ3v) is 1.97. The fraction of sp³-hybridized carbons (Fsp3) is 0.500. The first-order valence-corrected chi connectivity index (χ1v) is 5.03. The predicted molar refractivity (Wildman–Crippen MR) is 58.6 cm³/mol. The number of anilines is 1. The van der Waals surface area contributed by atoms with Gasteiger partial charge in [0.15, 0.2) is 11.5 Å². The van der Waals surface area contributed by atoms with Gasteiger partial charge in [-0.25, -0.2) is 14.8 Å². The number of nitrogens with zero attached hydrogens (tertiary/aromatic N) is 2. The molecule has 0 unspecified atom stereocenters. The van der Waals surface area contributed by atoms with Gasteiger partial charge in [-0.15, -0.1) is 0 Å². The normalized spacial score (nSPS) is 10.1. The van der Waals surface area contributed by atoms with Crippen molar-refractivity contribution in [2.24, 2.45) is 0 Å². The van der Waals surface area contributed by atoms with Gasteiger partial charge >= 0.3 is 5.97 Å². The molecule has 6 nitrogen and oxygen atoms in total. The van der Waals surface area contributed by atoms with Crippen LogP contribution in [0.15, 0.2) is 12.4 Å². The first kappa shape index (κ1) is 12.4. The summed E-state index contributed by atoms with van der Waals surface area (Å²) in [5, 5.41) is 11.8. The number of hydrogen-bond donors (Lipinski definition) is 2. The Kier molecular flexibility index (Phi) is 5.21. The number of aromatic nitrogens is 2. The summed E-state index contributed by atoms with van der Waals surface area (Å²) in [7, 11) is 1.65. The summed E-state index contributed by atoms with van der Waals surface area (Å²) in [6.07, 6.45) is 4.64. The molecule has 0 atom stereocenters. The molecular weight excluding hydrogens is 210 g/mol. The van der Waals surface area contributed by atoms with Crippen LogP contribution >= 0.6 is 0 Å². The summed E-state index contributed by atoms with van der Waals surface area (Å²) in [6.45, 7) is 1.36. The molecule has 16 heavy (non-hydrogen) atoms. The highest BCUT2D eigenvalue weighted by Crippen LogP contribution is 2.07. The molecule has 0 aliphatic heterocycles. The van der Waals surface area contributed by atoms with Gasteiger partial charge in [-0.2, -0.15) is 0 Å². The van der Waals surface area contributed by atoms with E-state index in [0.29, 0.717) is 19.0 Å². The molecule has 0 radical (unpaired) electrons. The summed E-state index contributed by atoms with van der Waals surface area (Å²) >= 11 is 0. The van der Waals surface area contributed by atoms with E-state index < -0.39 is 5.97 Å². The summed E-state index contributed by atoms with van der Waals surface area (Å²) in [4.78, 5) is 18.5. The molecule has 0 spiro atoms. The summed E-state index contributed by atoms with van der Waals surface area (Å²) < 4.78 is 4.91. The Hall–Kier alpha value is -1.69. The van der Waals surface area contributed by atoms with Gasteiger partial charge in [-0.05, 0) is 12.8 Å². The zero-order valence-electron chi connectivity index (χ0n) is 9.14. The van der Waals surface area contributed by atoms with E-state index >= 15 is 0 Å². The molecular formula is C10H15N3O3. The molecule has 0 aromatic carbocycles. The van der Waals surface area contributed by atoms with Crippen molar-refractivity contribution in [1.29, 1.82) is 0 Å². The Bertz CT molecular complexity index is 344. The van der Waals surface area contributed by atoms with Crippen LogP contribution in [0.3, 0.4) is 0 Å². The summed E-state index contributed by atoms with van der Waals surface area (Å²) in [6, 6.07) is 0. The van der Waals surface area contributed by atoms with Crippen LogP contribution < -0.4 is 5.32 Å². The SMILES string of the molecule is COCCCCNc1nccnc1C(=O)O. The van der Waals surface area contributed by atoms with Gasteiger partial charge in [-0.3, -0.25) is 0 Å². The van der Waals surface area contributed by atoms with E-state index in [2.05, 4.69) is 15.3 Å². The number of hydrogen-bond acceptors (Lipinski definition) is 5. The number of ether oxygens (including phenoxy) is 1. The first-order chi connectivity index (χ1) is 7.75. The lowest BCUT2D eigenvalue weighted by atomic mass is 10.3. The van der Waals surface area contributed by atoms with Crippen LogP contribution in [0.25, 0.3) is 0 Å². The maximum absolute atomic E-state index is 10.8. The molecule has 1 rings (SSSR count). The van der Waals surface area contributed by atoms with Crippen LogP contribution in [-0.2, 0) is 4.74 Å². The number of rotatable bonds is 7. The molecule has 1 heterocycles. The number of nitrogens with one attached hydrogen (secondary N) is 1. The average molecular weight is 225 g/mol. The Labute approximate surface area is 93.7 Å². The highest BCUT2D eigenvalue weighted by Gasteiger charge is 2.11. The highest BCUT2D eigenvalue weighted by molar-refractivity contribution is 5.90. The second kappa shape index (κ2) is 6.73. The van der Waals surface area contributed by atoms with Gasteiger partial charge in [0.05, 0.1) is 0 Å². The third-order valence-electron chi connectivity index (χ3n) is 1.97. The molecule has 0 bridgehead atoms. The smallest absolute Gasteiger partial charge is 0.358 e. The molecule has 0 aliphatic carbocycles. The summed E-state index contributed by atoms with van der Waals surface area (Å²) in [5.41, 5.74) is -0.0470. The molecule has 0 aliphatic rings. The quantitative estimate of drug-likeness (QED) is 0.674. The second-order valence-electron chi connectivity index (χ2n) is 3.19. The summed E-state index contributed by atoms with van der Waals surface area (Å²) in [5.74, 6) is -0.764. The van der Waals surface area contributed by atoms with Crippen molar-refractivity contribution in [2.45, 2.75) is 12.8 Å². The van der Waals surface area contributed by atoms with Crippen LogP contribution in [0.2, 0.25) is 0 Å². The van der Waals surface area contributed by atoms with Gasteiger partial charge in [0, 0.05) is 32.7 Å². The fourth-order valence-corrected chi connectivity index (χ4v) is 1.20. The standard InChI is InChI=1S/C10H15N3O3/c1-16-7-3-2-4-12-9-8(10(14)15)11-5-6-13-9/h5-6H,2-4,7H2,1H3,(H,12,13)(H,14,15). The highest BCUT2D eigenvalue weighted by atomic mass is 16.5. The van der Waals surface area contributed by atoms with Crippen molar-refractivity contribution >= 4 is 11.8 Å². The van der Waals surface area contributed by atoms with E-state index in [1.54, 1.807) is 7.11 Å². The van der Waals surface area contributed by atoms with Crippen molar-refractivity contribution in [3.63, 3.8) is 0 Å². The lowest BCUT2D eigenvalue weighted by Crippen LogP contribution is -2.11. The Morgan fingerprint density at radius 1 is 1.44 bits per heavy atom. The van der Waals surface area contributed by atoms with E-state index in [9.17, 15) is 4.79 Å². The zero-order chi connectivity index (χ0) is 11.8. The number of carboxylic acid groups (broad SMARTS) is 1. The van der Waals surface area contributed by atoms with Crippen LogP contribution in [0.5, 0.6) is 0 Å². The van der Waals surface area contributed by atoms with E-state index in [1.807, 2.05) is 0 Å². The molecule has 0 fully saturated rings. The molecule has 0 amide bonds. The van der Waals surface area contributed by atoms with Crippen molar-refractivity contribution in [1.82, 2.24) is 9.97 Å². The van der Waals surface area contributed by atoms with E-state index in [1.165, 1.54) is 12.4 Å². The second-order valence-corrected chi connectivity index (χ2v) is 3.19. The van der Waals surface area contributed by atoms with Crippen molar-refractivity contribution < 1.29 is 14.6 Å². The van der Waals surface area contributed by atoms with E-state index in [4.69, 9.17) is 9.84 Å². The molecule has 1 aromatic rings. The molecule has 6 heteroatoms. The van der Waals surface area contributed by atoms with Crippen LogP contribution in [0.4, 0.5) is 5.82 Å². The molecule has 0 saturated heterocycles. The minimum Gasteiger partial charge on any atom is -0.476 e. The zero-order valence-corrected chi connectivity index (χ0v) is 9.14. The van der Waals surface area contributed by atoms with Crippen LogP contribution in [0.1, 0.15) is 23.3 Å². The Balaban J connectivity index is 2.44. The lowest BCUT2D eigenvalue weighted by Gasteiger charge is -2.06. The molecule has 2 N–H and O–H groups in total. The van der Waals surface area contributed by atoms with Gasteiger partial charge in [0.2, 0.25) is 0 Å². The average Bonchev–Trinajstić information content (AvgIpc) is 2.29. The fourth-order valence-electron chi connectivity index (χ4n) is 1.20. The van der Waals surface area contributed by atoms with Gasteiger partial charge in [0.25, 0.3) is 0 Å². The Morgan fingerprint density at radius 3 is 2.88 bits per heavy atom. The minimum absolute atomic E-state index is 0.0470. The van der Waals surface area contributed by atoms with Crippen LogP contribution in [0, 0.1) is 0 Å². The lowest BCUT2D eigenvalue weighted by molar-refractivity contribution is 0.0691. The van der Waals surface area contributed by atoms with Crippen molar-refractivity contribution in [3.05, 3.63) is 18.1 Å². The topological polar surface area (TPSA) is 84.3 Å². The van der Waals surface area contributed by atoms with Crippen molar-refractivity contribution in [3.8, 4) is 0 Å². The number of carboxylic acids is 1. The monoisotopic (exact) mass is 225 g/mol. The van der Waals surface area contributed by atoms with E-state index in [-0.39, 0.29) is 5.69 Å². The van der Waals surface area contributed by atoms with E-state index in [0.717, 1.165) is 12.8 Å². The van der Waals surface area contributed by atoms with Gasteiger partial charge in [0.1, 0.15) is 0 Å². The molecule has 0 saturated carbocycles. The maximum atomic E-state index is 10.8. The minimum atomic E-state index is -1.08. The van der Waals surface area contributed by atoms with Crippen molar-refractivity contribution in [2.75, 3.05) is 25.6 Å². The number of carbonyl (C=O) groups is 1. The molecule has 88 valence electrons. The van der Waals surface area contributed by atoms with Gasteiger partial charge in [-0.1, -0.05) is 0 Å². The maximum Gasteiger partial charge on any atom is 0.358 e. The number of unbranched alkanes of at least 4 members (excludes halogenated alkanes) is 1.